The van der Waals surface area contributed by atoms with Crippen LogP contribution in [0.1, 0.15) is 43.9 Å². The molecule has 1 heterocycles. The maximum Gasteiger partial charge on any atom is 0.257 e. The van der Waals surface area contributed by atoms with Crippen LogP contribution in [0.3, 0.4) is 0 Å². The van der Waals surface area contributed by atoms with E-state index in [2.05, 4.69) is 22.4 Å². The molecule has 1 aliphatic rings. The zero-order valence-corrected chi connectivity index (χ0v) is 16.5. The number of carbonyl (C=O) groups excluding carboxylic acids is 1. The Morgan fingerprint density at radius 3 is 2.96 bits per heavy atom. The lowest BCUT2D eigenvalue weighted by Gasteiger charge is -2.26. The lowest BCUT2D eigenvalue weighted by Crippen LogP contribution is -2.32. The van der Waals surface area contributed by atoms with Gasteiger partial charge in [0.05, 0.1) is 17.9 Å². The van der Waals surface area contributed by atoms with Gasteiger partial charge in [0.15, 0.2) is 5.16 Å². The Balaban J connectivity index is 1.68. The van der Waals surface area contributed by atoms with Gasteiger partial charge in [-0.15, -0.1) is 0 Å². The second kappa shape index (κ2) is 8.61. The van der Waals surface area contributed by atoms with Crippen LogP contribution in [0.5, 0.6) is 5.88 Å². The van der Waals surface area contributed by atoms with Crippen LogP contribution in [0.4, 0.5) is 0 Å². The highest BCUT2D eigenvalue weighted by Gasteiger charge is 2.21. The molecule has 27 heavy (non-hydrogen) atoms. The van der Waals surface area contributed by atoms with E-state index < -0.39 is 0 Å². The number of aromatic nitrogens is 2. The summed E-state index contributed by atoms with van der Waals surface area (Å²) in [6.07, 6.45) is 3.03. The van der Waals surface area contributed by atoms with E-state index in [9.17, 15) is 14.7 Å². The summed E-state index contributed by atoms with van der Waals surface area (Å²) in [6.45, 7) is 4.49. The molecular weight excluding hydrogens is 362 g/mol. The molecule has 144 valence electrons. The Labute approximate surface area is 163 Å². The molecule has 0 bridgehead atoms. The van der Waals surface area contributed by atoms with E-state index in [1.165, 1.54) is 27.5 Å². The summed E-state index contributed by atoms with van der Waals surface area (Å²) < 4.78 is 1.51. The lowest BCUT2D eigenvalue weighted by molar-refractivity contribution is -0.119. The normalized spacial score (nSPS) is 16.2. The summed E-state index contributed by atoms with van der Waals surface area (Å²) in [6, 6.07) is 9.34. The monoisotopic (exact) mass is 387 g/mol. The predicted molar refractivity (Wildman–Crippen MR) is 106 cm³/mol. The number of thioether (sulfide) groups is 1. The molecule has 1 aromatic carbocycles. The third-order valence-electron chi connectivity index (χ3n) is 4.54. The molecule has 2 N–H and O–H groups in total. The van der Waals surface area contributed by atoms with Gasteiger partial charge in [-0.3, -0.25) is 14.2 Å². The fourth-order valence-electron chi connectivity index (χ4n) is 3.39. The second-order valence-electron chi connectivity index (χ2n) is 7.24. The summed E-state index contributed by atoms with van der Waals surface area (Å²) in [4.78, 5) is 28.7. The van der Waals surface area contributed by atoms with Crippen LogP contribution >= 0.6 is 11.8 Å². The zero-order valence-electron chi connectivity index (χ0n) is 15.6. The molecular formula is C20H25N3O3S. The average molecular weight is 388 g/mol. The predicted octanol–water partition coefficient (Wildman–Crippen LogP) is 2.89. The Morgan fingerprint density at radius 2 is 2.19 bits per heavy atom. The van der Waals surface area contributed by atoms with E-state index >= 15 is 0 Å². The fraction of sp³-hybridized carbons (Fsp3) is 0.450. The second-order valence-corrected chi connectivity index (χ2v) is 8.18. The van der Waals surface area contributed by atoms with Gasteiger partial charge < -0.3 is 10.4 Å². The Hall–Kier alpha value is -2.28. The Morgan fingerprint density at radius 1 is 1.41 bits per heavy atom. The first-order chi connectivity index (χ1) is 12.9. The van der Waals surface area contributed by atoms with Gasteiger partial charge in [0.2, 0.25) is 11.8 Å². The molecule has 1 aliphatic carbocycles. The highest BCUT2D eigenvalue weighted by atomic mass is 32.2. The molecule has 0 spiro atoms. The van der Waals surface area contributed by atoms with E-state index in [0.717, 1.165) is 25.3 Å². The molecule has 0 aliphatic heterocycles. The van der Waals surface area contributed by atoms with Crippen molar-refractivity contribution in [2.75, 3.05) is 5.75 Å². The van der Waals surface area contributed by atoms with Gasteiger partial charge in [0.1, 0.15) is 0 Å². The first kappa shape index (κ1) is 19.5. The van der Waals surface area contributed by atoms with Crippen LogP contribution in [0.15, 0.2) is 40.3 Å². The molecule has 0 saturated heterocycles. The summed E-state index contributed by atoms with van der Waals surface area (Å²) in [5, 5.41) is 13.1. The first-order valence-electron chi connectivity index (χ1n) is 9.25. The van der Waals surface area contributed by atoms with Crippen molar-refractivity contribution in [2.24, 2.45) is 5.92 Å². The largest absolute Gasteiger partial charge is 0.493 e. The van der Waals surface area contributed by atoms with Crippen molar-refractivity contribution in [3.05, 3.63) is 51.8 Å². The molecule has 0 saturated carbocycles. The van der Waals surface area contributed by atoms with Crippen molar-refractivity contribution >= 4 is 17.7 Å². The van der Waals surface area contributed by atoms with Gasteiger partial charge in [0, 0.05) is 6.54 Å². The van der Waals surface area contributed by atoms with Crippen molar-refractivity contribution in [1.82, 2.24) is 14.9 Å². The number of nitrogens with one attached hydrogen (secondary N) is 1. The van der Waals surface area contributed by atoms with Crippen LogP contribution in [0, 0.1) is 5.92 Å². The fourth-order valence-corrected chi connectivity index (χ4v) is 4.21. The summed E-state index contributed by atoms with van der Waals surface area (Å²) in [7, 11) is 0. The summed E-state index contributed by atoms with van der Waals surface area (Å²) in [5.74, 6) is -0.0207. The quantitative estimate of drug-likeness (QED) is 0.588. The van der Waals surface area contributed by atoms with Crippen molar-refractivity contribution in [3.8, 4) is 5.88 Å². The number of amides is 1. The number of aromatic hydroxyl groups is 1. The summed E-state index contributed by atoms with van der Waals surface area (Å²) in [5.41, 5.74) is 2.18. The number of benzene rings is 1. The van der Waals surface area contributed by atoms with Crippen molar-refractivity contribution in [2.45, 2.75) is 50.9 Å². The highest BCUT2D eigenvalue weighted by molar-refractivity contribution is 7.99. The molecule has 1 atom stereocenters. The smallest absolute Gasteiger partial charge is 0.257 e. The lowest BCUT2D eigenvalue weighted by atomic mass is 9.88. The topological polar surface area (TPSA) is 84.2 Å². The molecule has 2 aromatic rings. The molecule has 0 radical (unpaired) electrons. The third kappa shape index (κ3) is 4.91. The van der Waals surface area contributed by atoms with E-state index in [0.29, 0.717) is 11.7 Å². The molecule has 1 amide bonds. The Kier molecular flexibility index (Phi) is 6.21. The average Bonchev–Trinajstić information content (AvgIpc) is 2.62. The van der Waals surface area contributed by atoms with E-state index in [4.69, 9.17) is 0 Å². The van der Waals surface area contributed by atoms with Crippen molar-refractivity contribution in [1.29, 1.82) is 0 Å². The number of nitrogens with zero attached hydrogens (tertiary/aromatic N) is 2. The number of hydrogen-bond donors (Lipinski definition) is 2. The minimum atomic E-state index is -0.316. The highest BCUT2D eigenvalue weighted by Crippen LogP contribution is 2.29. The van der Waals surface area contributed by atoms with Crippen LogP contribution in [0.25, 0.3) is 0 Å². The van der Waals surface area contributed by atoms with Crippen LogP contribution in [-0.4, -0.2) is 26.3 Å². The van der Waals surface area contributed by atoms with Gasteiger partial charge in [-0.1, -0.05) is 49.9 Å². The number of hydrogen-bond acceptors (Lipinski definition) is 5. The van der Waals surface area contributed by atoms with Crippen LogP contribution < -0.4 is 10.9 Å². The SMILES string of the molecule is CC(C)Cn1c(SCC(=O)N[C@H]2CCCc3ccccc32)nc(O)cc1=O. The molecule has 0 unspecified atom stereocenters. The zero-order chi connectivity index (χ0) is 19.4. The van der Waals surface area contributed by atoms with Crippen LogP contribution in [0.2, 0.25) is 0 Å². The maximum atomic E-state index is 12.5. The number of aryl methyl sites for hydroxylation is 1. The standard InChI is InChI=1S/C20H25N3O3S/c1-13(2)11-23-19(26)10-17(24)22-20(23)27-12-18(25)21-16-9-5-7-14-6-3-4-8-15(14)16/h3-4,6,8,10,13,16,24H,5,7,9,11-12H2,1-2H3,(H,21,25)/t16-/m0/s1. The molecule has 7 heteroatoms. The third-order valence-corrected chi connectivity index (χ3v) is 5.52. The van der Waals surface area contributed by atoms with E-state index in [1.807, 2.05) is 26.0 Å². The molecule has 0 fully saturated rings. The minimum absolute atomic E-state index is 0.0260. The van der Waals surface area contributed by atoms with Crippen molar-refractivity contribution in [3.63, 3.8) is 0 Å². The number of rotatable bonds is 6. The number of fused-ring (bicyclic) bond motifs is 1. The first-order valence-corrected chi connectivity index (χ1v) is 10.2. The molecule has 3 rings (SSSR count). The molecule has 1 aromatic heterocycles. The van der Waals surface area contributed by atoms with Gasteiger partial charge in [0.25, 0.3) is 5.56 Å². The molecule has 6 nitrogen and oxygen atoms in total. The van der Waals surface area contributed by atoms with Gasteiger partial charge in [-0.25, -0.2) is 0 Å². The minimum Gasteiger partial charge on any atom is -0.493 e. The maximum absolute atomic E-state index is 12.5. The van der Waals surface area contributed by atoms with E-state index in [1.54, 1.807) is 0 Å². The van der Waals surface area contributed by atoms with Gasteiger partial charge >= 0.3 is 0 Å². The van der Waals surface area contributed by atoms with E-state index in [-0.39, 0.29) is 35.1 Å². The van der Waals surface area contributed by atoms with Gasteiger partial charge in [-0.2, -0.15) is 4.98 Å². The van der Waals surface area contributed by atoms with Crippen LogP contribution in [-0.2, 0) is 17.8 Å². The van der Waals surface area contributed by atoms with Gasteiger partial charge in [-0.05, 0) is 36.3 Å². The summed E-state index contributed by atoms with van der Waals surface area (Å²) >= 11 is 1.18. The number of carbonyl (C=O) groups is 1. The Bertz CT molecular complexity index is 879. The van der Waals surface area contributed by atoms with Crippen molar-refractivity contribution < 1.29 is 9.90 Å².